The Labute approximate surface area is 149 Å². The Morgan fingerprint density at radius 3 is 3.04 bits per heavy atom. The highest BCUT2D eigenvalue weighted by molar-refractivity contribution is 7.98. The van der Waals surface area contributed by atoms with E-state index in [2.05, 4.69) is 5.10 Å². The van der Waals surface area contributed by atoms with Gasteiger partial charge in [-0.05, 0) is 44.2 Å². The van der Waals surface area contributed by atoms with Crippen molar-refractivity contribution in [3.05, 3.63) is 29.6 Å². The second kappa shape index (κ2) is 6.37. The molecule has 2 heterocycles. The molecule has 2 atom stereocenters. The van der Waals surface area contributed by atoms with E-state index in [9.17, 15) is 9.18 Å². The molecule has 2 bridgehead atoms. The zero-order valence-electron chi connectivity index (χ0n) is 14.1. The van der Waals surface area contributed by atoms with E-state index in [4.69, 9.17) is 9.47 Å². The van der Waals surface area contributed by atoms with Crippen molar-refractivity contribution in [2.45, 2.75) is 43.2 Å². The van der Waals surface area contributed by atoms with Gasteiger partial charge in [-0.25, -0.2) is 13.9 Å². The fourth-order valence-electron chi connectivity index (χ4n) is 3.57. The van der Waals surface area contributed by atoms with Gasteiger partial charge in [-0.15, -0.1) is 11.8 Å². The van der Waals surface area contributed by atoms with Gasteiger partial charge >= 0.3 is 5.97 Å². The van der Waals surface area contributed by atoms with Crippen LogP contribution in [-0.2, 0) is 4.74 Å². The maximum atomic E-state index is 14.6. The molecule has 0 amide bonds. The van der Waals surface area contributed by atoms with Crippen LogP contribution in [0, 0.1) is 5.82 Å². The van der Waals surface area contributed by atoms with Gasteiger partial charge < -0.3 is 9.47 Å². The molecule has 5 nitrogen and oxygen atoms in total. The quantitative estimate of drug-likeness (QED) is 0.606. The number of aromatic nitrogens is 2. The highest BCUT2D eigenvalue weighted by Gasteiger charge is 2.40. The van der Waals surface area contributed by atoms with E-state index in [1.54, 1.807) is 17.7 Å². The molecule has 1 saturated carbocycles. The predicted molar refractivity (Wildman–Crippen MR) is 92.7 cm³/mol. The third-order valence-corrected chi connectivity index (χ3v) is 5.48. The average molecular weight is 362 g/mol. The van der Waals surface area contributed by atoms with Gasteiger partial charge in [-0.3, -0.25) is 0 Å². The Bertz CT molecular complexity index is 836. The summed E-state index contributed by atoms with van der Waals surface area (Å²) in [5.74, 6) is -0.507. The van der Waals surface area contributed by atoms with Gasteiger partial charge in [0.15, 0.2) is 0 Å². The van der Waals surface area contributed by atoms with Gasteiger partial charge in [0.2, 0.25) is 5.88 Å². The molecule has 1 fully saturated rings. The van der Waals surface area contributed by atoms with Crippen LogP contribution < -0.4 is 4.74 Å². The largest absolute Gasteiger partial charge is 0.474 e. The van der Waals surface area contributed by atoms with Crippen LogP contribution >= 0.6 is 11.8 Å². The van der Waals surface area contributed by atoms with Crippen LogP contribution in [0.3, 0.4) is 0 Å². The minimum absolute atomic E-state index is 0.0962. The summed E-state index contributed by atoms with van der Waals surface area (Å²) in [7, 11) is 0. The number of carbonyl (C=O) groups excluding carboxylic acids is 1. The molecule has 0 N–H and O–H groups in total. The number of hydrogen-bond acceptors (Lipinski definition) is 5. The van der Waals surface area contributed by atoms with Gasteiger partial charge in [0.1, 0.15) is 23.2 Å². The van der Waals surface area contributed by atoms with Gasteiger partial charge in [0, 0.05) is 16.9 Å². The molecule has 132 valence electrons. The third kappa shape index (κ3) is 2.70. The molecular weight excluding hydrogens is 343 g/mol. The summed E-state index contributed by atoms with van der Waals surface area (Å²) in [6.07, 6.45) is 4.76. The van der Waals surface area contributed by atoms with Crippen molar-refractivity contribution in [1.29, 1.82) is 0 Å². The summed E-state index contributed by atoms with van der Waals surface area (Å²) in [5, 5.41) is 4.56. The summed E-state index contributed by atoms with van der Waals surface area (Å²) in [4.78, 5) is 13.4. The molecule has 7 heteroatoms. The molecule has 1 aliphatic heterocycles. The lowest BCUT2D eigenvalue weighted by Gasteiger charge is -2.22. The van der Waals surface area contributed by atoms with Crippen molar-refractivity contribution >= 4 is 17.7 Å². The van der Waals surface area contributed by atoms with E-state index >= 15 is 0 Å². The summed E-state index contributed by atoms with van der Waals surface area (Å²) >= 11 is 1.46. The molecule has 0 saturated heterocycles. The van der Waals surface area contributed by atoms with Crippen LogP contribution in [0.2, 0.25) is 0 Å². The number of rotatable bonds is 4. The average Bonchev–Trinajstić information content (AvgIpc) is 3.17. The number of halogens is 1. The molecule has 2 aliphatic rings. The first-order valence-corrected chi connectivity index (χ1v) is 9.65. The molecule has 4 rings (SSSR count). The van der Waals surface area contributed by atoms with E-state index in [0.717, 1.165) is 24.2 Å². The standard InChI is InChI=1S/C18H19FN2O3S/c1-3-23-18(22)15-16(13-7-6-12(25-2)9-14(13)19)20-21-10-4-5-11(8-10)24-17(15)21/h6-7,9-11H,3-5,8H2,1-2H3. The van der Waals surface area contributed by atoms with Crippen LogP contribution in [0.4, 0.5) is 4.39 Å². The molecule has 1 aromatic carbocycles. The van der Waals surface area contributed by atoms with Crippen LogP contribution in [0.5, 0.6) is 5.88 Å². The molecule has 1 aromatic heterocycles. The van der Waals surface area contributed by atoms with Crippen molar-refractivity contribution < 1.29 is 18.7 Å². The van der Waals surface area contributed by atoms with Gasteiger partial charge in [-0.2, -0.15) is 5.10 Å². The van der Waals surface area contributed by atoms with Crippen LogP contribution in [0.1, 0.15) is 42.6 Å². The predicted octanol–water partition coefficient (Wildman–Crippen LogP) is 4.07. The zero-order valence-corrected chi connectivity index (χ0v) is 14.9. The van der Waals surface area contributed by atoms with Crippen molar-refractivity contribution in [3.8, 4) is 17.1 Å². The Morgan fingerprint density at radius 2 is 2.32 bits per heavy atom. The van der Waals surface area contributed by atoms with Gasteiger partial charge in [0.25, 0.3) is 0 Å². The Balaban J connectivity index is 1.87. The van der Waals surface area contributed by atoms with Crippen molar-refractivity contribution in [2.75, 3.05) is 12.9 Å². The lowest BCUT2D eigenvalue weighted by atomic mass is 10.1. The summed E-state index contributed by atoms with van der Waals surface area (Å²) < 4.78 is 27.6. The number of hydrogen-bond donors (Lipinski definition) is 0. The number of thioether (sulfide) groups is 1. The first-order chi connectivity index (χ1) is 12.1. The Morgan fingerprint density at radius 1 is 1.48 bits per heavy atom. The molecule has 2 aromatic rings. The third-order valence-electron chi connectivity index (χ3n) is 4.76. The Kier molecular flexibility index (Phi) is 4.19. The zero-order chi connectivity index (χ0) is 17.6. The molecule has 0 spiro atoms. The van der Waals surface area contributed by atoms with Crippen molar-refractivity contribution in [1.82, 2.24) is 9.78 Å². The van der Waals surface area contributed by atoms with E-state index in [1.807, 2.05) is 12.3 Å². The van der Waals surface area contributed by atoms with E-state index in [0.29, 0.717) is 17.1 Å². The molecule has 0 radical (unpaired) electrons. The van der Waals surface area contributed by atoms with Gasteiger partial charge in [0.05, 0.1) is 12.6 Å². The first-order valence-electron chi connectivity index (χ1n) is 8.42. The number of esters is 1. The highest BCUT2D eigenvalue weighted by atomic mass is 32.2. The maximum Gasteiger partial charge on any atom is 0.345 e. The molecule has 25 heavy (non-hydrogen) atoms. The molecule has 1 aliphatic carbocycles. The maximum absolute atomic E-state index is 14.6. The fourth-order valence-corrected chi connectivity index (χ4v) is 4.00. The topological polar surface area (TPSA) is 53.3 Å². The monoisotopic (exact) mass is 362 g/mol. The summed E-state index contributed by atoms with van der Waals surface area (Å²) in [6.45, 7) is 1.98. The number of fused-ring (bicyclic) bond motifs is 4. The van der Waals surface area contributed by atoms with Crippen LogP contribution in [0.15, 0.2) is 23.1 Å². The number of carbonyl (C=O) groups is 1. The molecule has 2 unspecified atom stereocenters. The fraction of sp³-hybridized carbons (Fsp3) is 0.444. The summed E-state index contributed by atoms with van der Waals surface area (Å²) in [5.41, 5.74) is 0.822. The highest BCUT2D eigenvalue weighted by Crippen LogP contribution is 2.44. The molecular formula is C18H19FN2O3S. The lowest BCUT2D eigenvalue weighted by molar-refractivity contribution is 0.0515. The summed E-state index contributed by atoms with van der Waals surface area (Å²) in [6, 6.07) is 5.14. The second-order valence-electron chi connectivity index (χ2n) is 6.25. The van der Waals surface area contributed by atoms with Gasteiger partial charge in [-0.1, -0.05) is 0 Å². The van der Waals surface area contributed by atoms with E-state index in [-0.39, 0.29) is 24.3 Å². The number of benzene rings is 1. The SMILES string of the molecule is CCOC(=O)c1c(-c2ccc(SC)cc2F)nn2c1OC1CCC2C1. The minimum atomic E-state index is -0.520. The Hall–Kier alpha value is -2.02. The van der Waals surface area contributed by atoms with Crippen LogP contribution in [-0.4, -0.2) is 34.7 Å². The smallest absolute Gasteiger partial charge is 0.345 e. The van der Waals surface area contributed by atoms with Crippen LogP contribution in [0.25, 0.3) is 11.3 Å². The van der Waals surface area contributed by atoms with Crippen molar-refractivity contribution in [3.63, 3.8) is 0 Å². The first kappa shape index (κ1) is 16.4. The number of nitrogens with zero attached hydrogens (tertiary/aromatic N) is 2. The number of ether oxygens (including phenoxy) is 2. The van der Waals surface area contributed by atoms with E-state index in [1.165, 1.54) is 17.8 Å². The normalized spacial score (nSPS) is 20.9. The van der Waals surface area contributed by atoms with E-state index < -0.39 is 11.8 Å². The second-order valence-corrected chi connectivity index (χ2v) is 7.13. The van der Waals surface area contributed by atoms with Crippen molar-refractivity contribution in [2.24, 2.45) is 0 Å². The minimum Gasteiger partial charge on any atom is -0.474 e. The lowest BCUT2D eigenvalue weighted by Crippen LogP contribution is -2.23.